The fraction of sp³-hybridized carbons (Fsp3) is 0.400. The average Bonchev–Trinajstić information content (AvgIpc) is 3.47. The third kappa shape index (κ3) is 6.35. The summed E-state index contributed by atoms with van der Waals surface area (Å²) in [5, 5.41) is 3.69. The lowest BCUT2D eigenvalue weighted by Crippen LogP contribution is -2.39. The lowest BCUT2D eigenvalue weighted by molar-refractivity contribution is 0.0685. The van der Waals surface area contributed by atoms with Gasteiger partial charge >= 0.3 is 0 Å². The van der Waals surface area contributed by atoms with Gasteiger partial charge in [0.05, 0.1) is 10.6 Å². The van der Waals surface area contributed by atoms with Crippen LogP contribution < -0.4 is 0 Å². The van der Waals surface area contributed by atoms with Crippen molar-refractivity contribution in [3.8, 4) is 0 Å². The number of rotatable bonds is 8. The van der Waals surface area contributed by atoms with E-state index in [0.717, 1.165) is 61.0 Å². The van der Waals surface area contributed by atoms with Crippen LogP contribution in [0.1, 0.15) is 63.0 Å². The zero-order valence-electron chi connectivity index (χ0n) is 21.6. The van der Waals surface area contributed by atoms with Gasteiger partial charge in [-0.15, -0.1) is 29.7 Å². The molecule has 2 saturated heterocycles. The number of amides is 2. The Morgan fingerprint density at radius 3 is 2.42 bits per heavy atom. The molecule has 2 aromatic heterocycles. The van der Waals surface area contributed by atoms with E-state index in [1.807, 2.05) is 33.4 Å². The van der Waals surface area contributed by atoms with Crippen LogP contribution in [-0.4, -0.2) is 63.5 Å². The molecule has 0 aliphatic carbocycles. The van der Waals surface area contributed by atoms with E-state index in [4.69, 9.17) is 4.98 Å². The predicted molar refractivity (Wildman–Crippen MR) is 154 cm³/mol. The average molecular weight is 547 g/mol. The number of thioether (sulfide) groups is 1. The number of piperidine rings is 2. The molecule has 0 saturated carbocycles. The van der Waals surface area contributed by atoms with Crippen molar-refractivity contribution >= 4 is 34.9 Å². The monoisotopic (exact) mass is 546 g/mol. The van der Waals surface area contributed by atoms with Crippen LogP contribution in [0.5, 0.6) is 0 Å². The molecule has 0 N–H and O–H groups in total. The van der Waals surface area contributed by atoms with Gasteiger partial charge in [-0.1, -0.05) is 36.4 Å². The Hall–Kier alpha value is -2.97. The molecule has 5 rings (SSSR count). The number of hydrogen-bond donors (Lipinski definition) is 0. The molecule has 0 spiro atoms. The first-order chi connectivity index (χ1) is 18.6. The Morgan fingerprint density at radius 2 is 1.68 bits per heavy atom. The molecule has 0 radical (unpaired) electrons. The molecular formula is C30H34N4O2S2. The Labute approximate surface area is 233 Å². The van der Waals surface area contributed by atoms with Crippen molar-refractivity contribution in [3.05, 3.63) is 88.5 Å². The first-order valence-corrected chi connectivity index (χ1v) is 15.3. The van der Waals surface area contributed by atoms with E-state index < -0.39 is 0 Å². The first kappa shape index (κ1) is 26.6. The van der Waals surface area contributed by atoms with Gasteiger partial charge in [0, 0.05) is 49.4 Å². The van der Waals surface area contributed by atoms with Crippen molar-refractivity contribution in [1.82, 2.24) is 19.8 Å². The summed E-state index contributed by atoms with van der Waals surface area (Å²) in [5.74, 6) is 1.72. The van der Waals surface area contributed by atoms with Gasteiger partial charge in [-0.2, -0.15) is 0 Å². The van der Waals surface area contributed by atoms with Crippen LogP contribution in [0.3, 0.4) is 0 Å². The fourth-order valence-corrected chi connectivity index (χ4v) is 7.02. The van der Waals surface area contributed by atoms with Crippen LogP contribution in [0, 0.1) is 5.92 Å². The summed E-state index contributed by atoms with van der Waals surface area (Å²) in [5.41, 5.74) is 2.61. The summed E-state index contributed by atoms with van der Waals surface area (Å²) in [7, 11) is 0. The third-order valence-corrected chi connectivity index (χ3v) is 9.49. The topological polar surface area (TPSA) is 66.4 Å². The minimum Gasteiger partial charge on any atom is -0.339 e. The van der Waals surface area contributed by atoms with Crippen molar-refractivity contribution in [3.63, 3.8) is 0 Å². The minimum absolute atomic E-state index is 0.0359. The number of carbonyl (C=O) groups excluding carboxylic acids is 2. The maximum absolute atomic E-state index is 13.2. The lowest BCUT2D eigenvalue weighted by Gasteiger charge is -2.32. The van der Waals surface area contributed by atoms with Gasteiger partial charge in [0.2, 0.25) is 0 Å². The van der Waals surface area contributed by atoms with Crippen LogP contribution in [0.2, 0.25) is 0 Å². The van der Waals surface area contributed by atoms with E-state index in [-0.39, 0.29) is 17.7 Å². The highest BCUT2D eigenvalue weighted by atomic mass is 32.2. The molecule has 2 amide bonds. The maximum atomic E-state index is 13.2. The van der Waals surface area contributed by atoms with E-state index in [9.17, 15) is 9.59 Å². The summed E-state index contributed by atoms with van der Waals surface area (Å²) in [4.78, 5) is 39.4. The fourth-order valence-electron chi connectivity index (χ4n) is 5.33. The quantitative estimate of drug-likeness (QED) is 0.259. The smallest absolute Gasteiger partial charge is 0.273 e. The largest absolute Gasteiger partial charge is 0.339 e. The number of benzene rings is 1. The van der Waals surface area contributed by atoms with E-state index in [0.29, 0.717) is 30.3 Å². The molecule has 38 heavy (non-hydrogen) atoms. The van der Waals surface area contributed by atoms with Crippen molar-refractivity contribution in [2.24, 2.45) is 5.92 Å². The first-order valence-electron chi connectivity index (χ1n) is 13.4. The number of carbonyl (C=O) groups is 2. The maximum Gasteiger partial charge on any atom is 0.273 e. The minimum atomic E-state index is 0.0359. The molecule has 6 nitrogen and oxygen atoms in total. The summed E-state index contributed by atoms with van der Waals surface area (Å²) in [6.07, 6.45) is 8.41. The SMILES string of the molecule is C=CCSc1ncccc1C(=O)N1CCC(c2nc(C(=O)N3CCC(Cc4ccccc4)CC3)cs2)CC1. The van der Waals surface area contributed by atoms with Gasteiger partial charge in [-0.3, -0.25) is 9.59 Å². The Balaban J connectivity index is 1.12. The van der Waals surface area contributed by atoms with Gasteiger partial charge in [0.25, 0.3) is 11.8 Å². The lowest BCUT2D eigenvalue weighted by atomic mass is 9.90. The Kier molecular flexibility index (Phi) is 8.91. The molecule has 4 heterocycles. The summed E-state index contributed by atoms with van der Waals surface area (Å²) < 4.78 is 0. The number of hydrogen-bond acceptors (Lipinski definition) is 6. The molecule has 8 heteroatoms. The second-order valence-corrected chi connectivity index (χ2v) is 11.9. The van der Waals surface area contributed by atoms with Crippen molar-refractivity contribution in [2.45, 2.75) is 43.0 Å². The normalized spacial score (nSPS) is 16.9. The third-order valence-electron chi connectivity index (χ3n) is 7.48. The van der Waals surface area contributed by atoms with E-state index >= 15 is 0 Å². The number of thiazole rings is 1. The molecule has 2 aliphatic rings. The zero-order chi connectivity index (χ0) is 26.3. The number of pyridine rings is 1. The molecule has 0 atom stereocenters. The van der Waals surface area contributed by atoms with E-state index in [1.165, 1.54) is 17.3 Å². The van der Waals surface area contributed by atoms with Gasteiger partial charge in [-0.25, -0.2) is 9.97 Å². The molecule has 2 fully saturated rings. The van der Waals surface area contributed by atoms with Crippen molar-refractivity contribution < 1.29 is 9.59 Å². The van der Waals surface area contributed by atoms with Crippen LogP contribution in [-0.2, 0) is 6.42 Å². The molecule has 3 aromatic rings. The summed E-state index contributed by atoms with van der Waals surface area (Å²) in [6.45, 7) is 6.72. The van der Waals surface area contributed by atoms with Crippen LogP contribution in [0.4, 0.5) is 0 Å². The molecule has 198 valence electrons. The molecule has 2 aliphatic heterocycles. The van der Waals surface area contributed by atoms with Gasteiger partial charge < -0.3 is 9.80 Å². The van der Waals surface area contributed by atoms with Gasteiger partial charge in [0.1, 0.15) is 10.7 Å². The van der Waals surface area contributed by atoms with E-state index in [2.05, 4.69) is 41.9 Å². The van der Waals surface area contributed by atoms with Gasteiger partial charge in [0.15, 0.2) is 0 Å². The van der Waals surface area contributed by atoms with Crippen LogP contribution in [0.15, 0.2) is 71.7 Å². The molecule has 1 aromatic carbocycles. The second kappa shape index (κ2) is 12.7. The predicted octanol–water partition coefficient (Wildman–Crippen LogP) is 5.93. The highest BCUT2D eigenvalue weighted by Gasteiger charge is 2.30. The highest BCUT2D eigenvalue weighted by molar-refractivity contribution is 7.99. The summed E-state index contributed by atoms with van der Waals surface area (Å²) >= 11 is 3.12. The Morgan fingerprint density at radius 1 is 0.974 bits per heavy atom. The molecular weight excluding hydrogens is 512 g/mol. The van der Waals surface area contributed by atoms with Gasteiger partial charge in [-0.05, 0) is 55.7 Å². The second-order valence-electron chi connectivity index (χ2n) is 10.0. The van der Waals surface area contributed by atoms with Crippen LogP contribution >= 0.6 is 23.1 Å². The summed E-state index contributed by atoms with van der Waals surface area (Å²) in [6, 6.07) is 14.3. The number of aromatic nitrogens is 2. The molecule has 0 unspecified atom stereocenters. The number of likely N-dealkylation sites (tertiary alicyclic amines) is 2. The Bertz CT molecular complexity index is 1250. The van der Waals surface area contributed by atoms with E-state index in [1.54, 1.807) is 17.5 Å². The van der Waals surface area contributed by atoms with Crippen molar-refractivity contribution in [1.29, 1.82) is 0 Å². The zero-order valence-corrected chi connectivity index (χ0v) is 23.3. The standard InChI is InChI=1S/C30H34N4O2S2/c1-2-19-37-28-25(9-6-14-31-28)29(35)33-17-12-24(13-18-33)27-32-26(21-38-27)30(36)34-15-10-23(11-16-34)20-22-7-4-3-5-8-22/h2-9,14,21,23-24H,1,10-13,15-20H2. The molecule has 0 bridgehead atoms. The highest BCUT2D eigenvalue weighted by Crippen LogP contribution is 2.32. The van der Waals surface area contributed by atoms with Crippen molar-refractivity contribution in [2.75, 3.05) is 31.9 Å². The number of nitrogens with zero attached hydrogens (tertiary/aromatic N) is 4. The van der Waals surface area contributed by atoms with Crippen LogP contribution in [0.25, 0.3) is 0 Å².